The van der Waals surface area contributed by atoms with E-state index >= 15 is 0 Å². The van der Waals surface area contributed by atoms with Crippen LogP contribution in [0.1, 0.15) is 29.4 Å². The summed E-state index contributed by atoms with van der Waals surface area (Å²) < 4.78 is 5.74. The van der Waals surface area contributed by atoms with E-state index in [0.29, 0.717) is 0 Å². The Labute approximate surface area is 172 Å². The summed E-state index contributed by atoms with van der Waals surface area (Å²) in [6, 6.07) is 12.7. The van der Waals surface area contributed by atoms with E-state index in [-0.39, 0.29) is 0 Å². The first-order valence-corrected chi connectivity index (χ1v) is 10.5. The van der Waals surface area contributed by atoms with Crippen molar-refractivity contribution < 1.29 is 4.42 Å². The van der Waals surface area contributed by atoms with E-state index in [4.69, 9.17) is 4.42 Å². The maximum absolute atomic E-state index is 5.74. The van der Waals surface area contributed by atoms with Crippen molar-refractivity contribution in [2.45, 2.75) is 33.5 Å². The predicted molar refractivity (Wildman–Crippen MR) is 115 cm³/mol. The number of H-pyrrole nitrogens is 1. The van der Waals surface area contributed by atoms with Gasteiger partial charge in [-0.2, -0.15) is 5.10 Å². The van der Waals surface area contributed by atoms with Crippen LogP contribution in [-0.4, -0.2) is 52.7 Å². The molecule has 0 aliphatic carbocycles. The van der Waals surface area contributed by atoms with Crippen molar-refractivity contribution in [2.75, 3.05) is 32.7 Å². The number of nitrogens with one attached hydrogen (secondary N) is 2. The minimum Gasteiger partial charge on any atom is -0.460 e. The van der Waals surface area contributed by atoms with E-state index in [1.54, 1.807) is 0 Å². The number of furan rings is 1. The summed E-state index contributed by atoms with van der Waals surface area (Å²) in [6.07, 6.45) is 1.87. The Morgan fingerprint density at radius 3 is 2.41 bits per heavy atom. The fourth-order valence-electron chi connectivity index (χ4n) is 3.95. The Hall–Kier alpha value is -2.41. The van der Waals surface area contributed by atoms with Gasteiger partial charge in [-0.05, 0) is 36.7 Å². The highest BCUT2D eigenvalue weighted by Crippen LogP contribution is 2.23. The van der Waals surface area contributed by atoms with Crippen LogP contribution in [0, 0.1) is 6.92 Å². The van der Waals surface area contributed by atoms with Crippen molar-refractivity contribution in [1.29, 1.82) is 0 Å². The number of aromatic nitrogens is 2. The summed E-state index contributed by atoms with van der Waals surface area (Å²) in [5, 5.41) is 10.9. The molecule has 1 aliphatic heterocycles. The third kappa shape index (κ3) is 4.96. The molecule has 2 aromatic heterocycles. The number of hydrogen-bond donors (Lipinski definition) is 2. The molecule has 0 radical (unpaired) electrons. The number of aromatic amines is 1. The highest BCUT2D eigenvalue weighted by molar-refractivity contribution is 5.56. The number of benzene rings is 1. The zero-order valence-corrected chi connectivity index (χ0v) is 17.4. The zero-order valence-electron chi connectivity index (χ0n) is 17.4. The van der Waals surface area contributed by atoms with Gasteiger partial charge in [-0.1, -0.05) is 31.2 Å². The highest BCUT2D eigenvalue weighted by atomic mass is 16.3. The van der Waals surface area contributed by atoms with Crippen LogP contribution in [-0.2, 0) is 19.6 Å². The molecular formula is C23H31N5O. The lowest BCUT2D eigenvalue weighted by molar-refractivity contribution is 0.131. The maximum atomic E-state index is 5.74. The number of hydrogen-bond acceptors (Lipinski definition) is 5. The standard InChI is InChI=1S/C23H31N5O/c1-3-27-10-12-28(13-11-27)17-20-7-5-4-6-19(20)14-24-15-21-16-25-26-23(21)22-9-8-18(2)29-22/h4-9,16,24H,3,10-15,17H2,1-2H3,(H,25,26). The summed E-state index contributed by atoms with van der Waals surface area (Å²) in [5.41, 5.74) is 4.85. The fourth-order valence-corrected chi connectivity index (χ4v) is 3.95. The smallest absolute Gasteiger partial charge is 0.152 e. The fraction of sp³-hybridized carbons (Fsp3) is 0.435. The van der Waals surface area contributed by atoms with Crippen molar-refractivity contribution in [3.8, 4) is 11.5 Å². The van der Waals surface area contributed by atoms with Gasteiger partial charge in [0.25, 0.3) is 0 Å². The third-order valence-corrected chi connectivity index (χ3v) is 5.76. The molecule has 3 aromatic rings. The average Bonchev–Trinajstić information content (AvgIpc) is 3.38. The van der Waals surface area contributed by atoms with E-state index in [1.807, 2.05) is 25.3 Å². The molecule has 4 rings (SSSR count). The first-order chi connectivity index (χ1) is 14.2. The molecular weight excluding hydrogens is 362 g/mol. The van der Waals surface area contributed by atoms with Crippen LogP contribution in [0.2, 0.25) is 0 Å². The monoisotopic (exact) mass is 393 g/mol. The van der Waals surface area contributed by atoms with Crippen LogP contribution in [0.25, 0.3) is 11.5 Å². The van der Waals surface area contributed by atoms with Gasteiger partial charge in [-0.25, -0.2) is 0 Å². The van der Waals surface area contributed by atoms with Gasteiger partial charge in [0.2, 0.25) is 0 Å². The normalized spacial score (nSPS) is 15.8. The maximum Gasteiger partial charge on any atom is 0.152 e. The third-order valence-electron chi connectivity index (χ3n) is 5.76. The zero-order chi connectivity index (χ0) is 20.1. The molecule has 1 saturated heterocycles. The van der Waals surface area contributed by atoms with Crippen molar-refractivity contribution >= 4 is 0 Å². The van der Waals surface area contributed by atoms with Crippen LogP contribution in [0.4, 0.5) is 0 Å². The molecule has 0 spiro atoms. The van der Waals surface area contributed by atoms with Crippen molar-refractivity contribution in [3.05, 3.63) is 65.0 Å². The van der Waals surface area contributed by atoms with Gasteiger partial charge in [0, 0.05) is 51.4 Å². The van der Waals surface area contributed by atoms with E-state index in [1.165, 1.54) is 24.2 Å². The number of rotatable bonds is 8. The molecule has 1 aromatic carbocycles. The van der Waals surface area contributed by atoms with Gasteiger partial charge in [0.05, 0.1) is 6.20 Å². The van der Waals surface area contributed by atoms with E-state index in [2.05, 4.69) is 56.5 Å². The lowest BCUT2D eigenvalue weighted by Gasteiger charge is -2.34. The van der Waals surface area contributed by atoms with Gasteiger partial charge in [0.1, 0.15) is 11.5 Å². The summed E-state index contributed by atoms with van der Waals surface area (Å²) >= 11 is 0. The number of piperazine rings is 1. The quantitative estimate of drug-likeness (QED) is 0.614. The lowest BCUT2D eigenvalue weighted by atomic mass is 10.1. The second-order valence-corrected chi connectivity index (χ2v) is 7.76. The summed E-state index contributed by atoms with van der Waals surface area (Å²) in [6.45, 7) is 12.6. The van der Waals surface area contributed by atoms with Gasteiger partial charge >= 0.3 is 0 Å². The van der Waals surface area contributed by atoms with Gasteiger partial charge in [-0.3, -0.25) is 10.00 Å². The first kappa shape index (κ1) is 19.9. The Kier molecular flexibility index (Phi) is 6.44. The average molecular weight is 394 g/mol. The van der Waals surface area contributed by atoms with E-state index in [0.717, 1.165) is 62.0 Å². The van der Waals surface area contributed by atoms with Crippen LogP contribution >= 0.6 is 0 Å². The highest BCUT2D eigenvalue weighted by Gasteiger charge is 2.16. The van der Waals surface area contributed by atoms with Gasteiger partial charge in [-0.15, -0.1) is 0 Å². The van der Waals surface area contributed by atoms with Gasteiger partial charge < -0.3 is 14.6 Å². The van der Waals surface area contributed by atoms with Crippen LogP contribution in [0.3, 0.4) is 0 Å². The van der Waals surface area contributed by atoms with Crippen LogP contribution < -0.4 is 5.32 Å². The number of likely N-dealkylation sites (N-methyl/N-ethyl adjacent to an activating group) is 1. The Morgan fingerprint density at radius 2 is 1.69 bits per heavy atom. The molecule has 0 atom stereocenters. The molecule has 1 fully saturated rings. The summed E-state index contributed by atoms with van der Waals surface area (Å²) in [7, 11) is 0. The van der Waals surface area contributed by atoms with Crippen molar-refractivity contribution in [1.82, 2.24) is 25.3 Å². The molecule has 1 aliphatic rings. The first-order valence-electron chi connectivity index (χ1n) is 10.5. The molecule has 0 amide bonds. The Balaban J connectivity index is 1.35. The van der Waals surface area contributed by atoms with Gasteiger partial charge in [0.15, 0.2) is 5.76 Å². The van der Waals surface area contributed by atoms with Crippen LogP contribution in [0.5, 0.6) is 0 Å². The number of aryl methyl sites for hydroxylation is 1. The van der Waals surface area contributed by atoms with Crippen molar-refractivity contribution in [2.24, 2.45) is 0 Å². The molecule has 0 unspecified atom stereocenters. The minimum absolute atomic E-state index is 0.745. The summed E-state index contributed by atoms with van der Waals surface area (Å²) in [5.74, 6) is 1.74. The molecule has 6 nitrogen and oxygen atoms in total. The molecule has 0 bridgehead atoms. The second-order valence-electron chi connectivity index (χ2n) is 7.76. The Bertz CT molecular complexity index is 907. The van der Waals surface area contributed by atoms with Crippen LogP contribution in [0.15, 0.2) is 47.0 Å². The molecule has 29 heavy (non-hydrogen) atoms. The number of nitrogens with zero attached hydrogens (tertiary/aromatic N) is 3. The molecule has 6 heteroatoms. The van der Waals surface area contributed by atoms with E-state index in [9.17, 15) is 0 Å². The Morgan fingerprint density at radius 1 is 0.966 bits per heavy atom. The topological polar surface area (TPSA) is 60.3 Å². The largest absolute Gasteiger partial charge is 0.460 e. The second kappa shape index (κ2) is 9.39. The van der Waals surface area contributed by atoms with Crippen molar-refractivity contribution in [3.63, 3.8) is 0 Å². The predicted octanol–water partition coefficient (Wildman–Crippen LogP) is 3.41. The molecule has 3 heterocycles. The molecule has 0 saturated carbocycles. The SMILES string of the molecule is CCN1CCN(Cc2ccccc2CNCc2cn[nH]c2-c2ccc(C)o2)CC1. The molecule has 154 valence electrons. The minimum atomic E-state index is 0.745. The summed E-state index contributed by atoms with van der Waals surface area (Å²) in [4.78, 5) is 5.09. The lowest BCUT2D eigenvalue weighted by Crippen LogP contribution is -2.45. The molecule has 2 N–H and O–H groups in total. The van der Waals surface area contributed by atoms with E-state index < -0.39 is 0 Å².